The van der Waals surface area contributed by atoms with Crippen LogP contribution in [-0.2, 0) is 0 Å². The molecule has 0 spiro atoms. The molecular formula is C19H34O2. The van der Waals surface area contributed by atoms with Gasteiger partial charge in [0.1, 0.15) is 0 Å². The third-order valence-electron chi connectivity index (χ3n) is 6.38. The van der Waals surface area contributed by atoms with Crippen LogP contribution in [0.3, 0.4) is 0 Å². The van der Waals surface area contributed by atoms with Crippen molar-refractivity contribution in [3.05, 3.63) is 12.7 Å². The van der Waals surface area contributed by atoms with Gasteiger partial charge < -0.3 is 10.2 Å². The molecule has 2 nitrogen and oxygen atoms in total. The van der Waals surface area contributed by atoms with Crippen LogP contribution < -0.4 is 0 Å². The maximum absolute atomic E-state index is 10.7. The summed E-state index contributed by atoms with van der Waals surface area (Å²) >= 11 is 0. The lowest BCUT2D eigenvalue weighted by molar-refractivity contribution is -0.0881. The molecule has 2 N–H and O–H groups in total. The van der Waals surface area contributed by atoms with E-state index >= 15 is 0 Å². The van der Waals surface area contributed by atoms with Gasteiger partial charge in [0.15, 0.2) is 0 Å². The summed E-state index contributed by atoms with van der Waals surface area (Å²) in [6.45, 7) is 8.41. The zero-order valence-electron chi connectivity index (χ0n) is 13.9. The van der Waals surface area contributed by atoms with E-state index < -0.39 is 0 Å². The van der Waals surface area contributed by atoms with E-state index in [1.807, 2.05) is 6.08 Å². The standard InChI is InChI=1S/C19H34O2/c1-4-6-14-8-11-18(21)19(3,13-14)16-9-10-17(20)15(12-16)7-5-2/h5,14-18,20-21H,2,4,6-13H2,1,3H3. The summed E-state index contributed by atoms with van der Waals surface area (Å²) in [5, 5.41) is 20.9. The van der Waals surface area contributed by atoms with Gasteiger partial charge in [-0.3, -0.25) is 0 Å². The van der Waals surface area contributed by atoms with Gasteiger partial charge in [0.25, 0.3) is 0 Å². The third kappa shape index (κ3) is 3.71. The molecule has 0 heterocycles. The van der Waals surface area contributed by atoms with Crippen LogP contribution in [0.4, 0.5) is 0 Å². The van der Waals surface area contributed by atoms with Crippen molar-refractivity contribution in [2.45, 2.75) is 83.8 Å². The highest BCUT2D eigenvalue weighted by molar-refractivity contribution is 4.98. The molecule has 0 aliphatic heterocycles. The van der Waals surface area contributed by atoms with E-state index in [2.05, 4.69) is 20.4 Å². The van der Waals surface area contributed by atoms with E-state index in [4.69, 9.17) is 0 Å². The van der Waals surface area contributed by atoms with Crippen molar-refractivity contribution in [2.24, 2.45) is 23.2 Å². The average molecular weight is 294 g/mol. The minimum Gasteiger partial charge on any atom is -0.393 e. The fraction of sp³-hybridized carbons (Fsp3) is 0.895. The second-order valence-corrected chi connectivity index (χ2v) is 7.82. The second-order valence-electron chi connectivity index (χ2n) is 7.82. The largest absolute Gasteiger partial charge is 0.393 e. The summed E-state index contributed by atoms with van der Waals surface area (Å²) in [5.74, 6) is 1.69. The van der Waals surface area contributed by atoms with Gasteiger partial charge in [0.05, 0.1) is 12.2 Å². The summed E-state index contributed by atoms with van der Waals surface area (Å²) in [5.41, 5.74) is 0.0532. The van der Waals surface area contributed by atoms with E-state index in [1.165, 1.54) is 25.7 Å². The molecule has 2 aliphatic carbocycles. The second kappa shape index (κ2) is 7.28. The molecule has 6 unspecified atom stereocenters. The quantitative estimate of drug-likeness (QED) is 0.742. The van der Waals surface area contributed by atoms with E-state index in [0.717, 1.165) is 38.0 Å². The zero-order chi connectivity index (χ0) is 15.5. The number of hydrogen-bond acceptors (Lipinski definition) is 2. The van der Waals surface area contributed by atoms with Crippen LogP contribution in [0.15, 0.2) is 12.7 Å². The van der Waals surface area contributed by atoms with Crippen LogP contribution in [0, 0.1) is 23.2 Å². The average Bonchev–Trinajstić information content (AvgIpc) is 2.46. The van der Waals surface area contributed by atoms with E-state index in [-0.39, 0.29) is 17.6 Å². The van der Waals surface area contributed by atoms with Crippen LogP contribution >= 0.6 is 0 Å². The number of aliphatic hydroxyl groups is 2. The maximum atomic E-state index is 10.7. The Morgan fingerprint density at radius 3 is 2.62 bits per heavy atom. The first-order valence-corrected chi connectivity index (χ1v) is 8.98. The Bertz CT molecular complexity index is 340. The Labute approximate surface area is 130 Å². The number of hydrogen-bond donors (Lipinski definition) is 2. The summed E-state index contributed by atoms with van der Waals surface area (Å²) in [6, 6.07) is 0. The van der Waals surface area contributed by atoms with Gasteiger partial charge in [-0.2, -0.15) is 0 Å². The van der Waals surface area contributed by atoms with Crippen molar-refractivity contribution in [3.8, 4) is 0 Å². The van der Waals surface area contributed by atoms with Gasteiger partial charge in [0, 0.05) is 0 Å². The lowest BCUT2D eigenvalue weighted by atomic mass is 9.57. The normalized spacial score (nSPS) is 44.5. The molecule has 0 aromatic carbocycles. The molecule has 2 saturated carbocycles. The van der Waals surface area contributed by atoms with E-state index in [9.17, 15) is 10.2 Å². The Morgan fingerprint density at radius 2 is 1.95 bits per heavy atom. The molecule has 0 aromatic heterocycles. The lowest BCUT2D eigenvalue weighted by Gasteiger charge is -2.50. The number of rotatable bonds is 5. The van der Waals surface area contributed by atoms with Crippen molar-refractivity contribution in [1.82, 2.24) is 0 Å². The molecule has 0 radical (unpaired) electrons. The van der Waals surface area contributed by atoms with Gasteiger partial charge in [-0.25, -0.2) is 0 Å². The molecule has 122 valence electrons. The van der Waals surface area contributed by atoms with Crippen LogP contribution in [0.5, 0.6) is 0 Å². The number of allylic oxidation sites excluding steroid dienone is 1. The first-order valence-electron chi connectivity index (χ1n) is 8.98. The molecule has 2 aliphatic rings. The molecule has 0 aromatic rings. The molecule has 0 bridgehead atoms. The molecule has 2 heteroatoms. The van der Waals surface area contributed by atoms with Crippen molar-refractivity contribution in [3.63, 3.8) is 0 Å². The molecular weight excluding hydrogens is 260 g/mol. The topological polar surface area (TPSA) is 40.5 Å². The minimum absolute atomic E-state index is 0.0532. The number of aliphatic hydroxyl groups excluding tert-OH is 2. The molecule has 2 rings (SSSR count). The van der Waals surface area contributed by atoms with Crippen LogP contribution in [-0.4, -0.2) is 22.4 Å². The summed E-state index contributed by atoms with van der Waals surface area (Å²) in [6.07, 6.45) is 11.4. The van der Waals surface area contributed by atoms with Gasteiger partial charge in [0.2, 0.25) is 0 Å². The minimum atomic E-state index is -0.171. The van der Waals surface area contributed by atoms with Gasteiger partial charge in [-0.15, -0.1) is 6.58 Å². The monoisotopic (exact) mass is 294 g/mol. The Morgan fingerprint density at radius 1 is 1.19 bits per heavy atom. The zero-order valence-corrected chi connectivity index (χ0v) is 13.9. The summed E-state index contributed by atoms with van der Waals surface area (Å²) in [4.78, 5) is 0. The molecule has 6 atom stereocenters. The SMILES string of the molecule is C=CCC1CC(C2(C)CC(CCC)CCC2O)CCC1O. The predicted molar refractivity (Wildman–Crippen MR) is 88.0 cm³/mol. The highest BCUT2D eigenvalue weighted by atomic mass is 16.3. The first kappa shape index (κ1) is 17.0. The van der Waals surface area contributed by atoms with Crippen molar-refractivity contribution >= 4 is 0 Å². The Hall–Kier alpha value is -0.340. The predicted octanol–water partition coefficient (Wildman–Crippen LogP) is 4.31. The molecule has 2 fully saturated rings. The molecule has 0 saturated heterocycles. The smallest absolute Gasteiger partial charge is 0.0596 e. The Balaban J connectivity index is 2.07. The maximum Gasteiger partial charge on any atom is 0.0596 e. The lowest BCUT2D eigenvalue weighted by Crippen LogP contribution is -2.47. The van der Waals surface area contributed by atoms with Crippen LogP contribution in [0.1, 0.15) is 71.6 Å². The van der Waals surface area contributed by atoms with Crippen molar-refractivity contribution in [1.29, 1.82) is 0 Å². The molecule has 0 amide bonds. The van der Waals surface area contributed by atoms with Gasteiger partial charge in [-0.05, 0) is 68.1 Å². The Kier molecular flexibility index (Phi) is 5.90. The van der Waals surface area contributed by atoms with Crippen LogP contribution in [0.25, 0.3) is 0 Å². The van der Waals surface area contributed by atoms with Crippen molar-refractivity contribution < 1.29 is 10.2 Å². The fourth-order valence-corrected chi connectivity index (χ4v) is 4.99. The summed E-state index contributed by atoms with van der Waals surface area (Å²) in [7, 11) is 0. The fourth-order valence-electron chi connectivity index (χ4n) is 4.99. The molecule has 21 heavy (non-hydrogen) atoms. The van der Waals surface area contributed by atoms with Gasteiger partial charge in [-0.1, -0.05) is 32.8 Å². The summed E-state index contributed by atoms with van der Waals surface area (Å²) < 4.78 is 0. The first-order chi connectivity index (χ1) is 10.0. The highest BCUT2D eigenvalue weighted by Crippen LogP contribution is 2.51. The van der Waals surface area contributed by atoms with Crippen molar-refractivity contribution in [2.75, 3.05) is 0 Å². The van der Waals surface area contributed by atoms with Crippen LogP contribution in [0.2, 0.25) is 0 Å². The van der Waals surface area contributed by atoms with E-state index in [1.54, 1.807) is 0 Å². The van der Waals surface area contributed by atoms with Gasteiger partial charge >= 0.3 is 0 Å². The van der Waals surface area contributed by atoms with E-state index in [0.29, 0.717) is 11.8 Å². The third-order valence-corrected chi connectivity index (χ3v) is 6.38. The highest BCUT2D eigenvalue weighted by Gasteiger charge is 2.47.